The molecule has 0 radical (unpaired) electrons. The summed E-state index contributed by atoms with van der Waals surface area (Å²) in [6, 6.07) is 23.9. The molecule has 1 aliphatic rings. The molecule has 1 fully saturated rings. The molecule has 160 valence electrons. The van der Waals surface area contributed by atoms with Crippen molar-refractivity contribution in [2.75, 3.05) is 26.2 Å². The number of benzene rings is 2. The third-order valence-corrected chi connectivity index (χ3v) is 5.84. The van der Waals surface area contributed by atoms with Gasteiger partial charge in [0.05, 0.1) is 17.6 Å². The lowest BCUT2D eigenvalue weighted by Crippen LogP contribution is -2.48. The molecule has 0 N–H and O–H groups in total. The van der Waals surface area contributed by atoms with Gasteiger partial charge in [-0.05, 0) is 35.9 Å². The maximum atomic E-state index is 13.2. The van der Waals surface area contributed by atoms with E-state index in [0.29, 0.717) is 5.56 Å². The molecule has 1 amide bonds. The zero-order chi connectivity index (χ0) is 21.8. The van der Waals surface area contributed by atoms with Crippen LogP contribution in [-0.2, 0) is 6.54 Å². The van der Waals surface area contributed by atoms with Crippen LogP contribution in [0.3, 0.4) is 0 Å². The van der Waals surface area contributed by atoms with E-state index >= 15 is 0 Å². The first-order chi connectivity index (χ1) is 15.8. The molecule has 2 aromatic heterocycles. The first kappa shape index (κ1) is 20.2. The number of piperazine rings is 1. The Balaban J connectivity index is 1.29. The molecule has 0 unspecified atom stereocenters. The van der Waals surface area contributed by atoms with Gasteiger partial charge in [-0.3, -0.25) is 14.7 Å². The van der Waals surface area contributed by atoms with Crippen LogP contribution in [0.2, 0.25) is 0 Å². The first-order valence-electron chi connectivity index (χ1n) is 10.9. The van der Waals surface area contributed by atoms with Crippen LogP contribution >= 0.6 is 0 Å². The lowest BCUT2D eigenvalue weighted by atomic mass is 10.1. The summed E-state index contributed by atoms with van der Waals surface area (Å²) in [6.45, 7) is 4.03. The van der Waals surface area contributed by atoms with Crippen molar-refractivity contribution in [3.05, 3.63) is 103 Å². The van der Waals surface area contributed by atoms with Crippen LogP contribution in [0.25, 0.3) is 16.9 Å². The van der Waals surface area contributed by atoms with Crippen molar-refractivity contribution in [1.29, 1.82) is 0 Å². The molecule has 1 aliphatic heterocycles. The number of hydrogen-bond donors (Lipinski definition) is 0. The molecular formula is C26H25N5O. The van der Waals surface area contributed by atoms with Gasteiger partial charge in [0.25, 0.3) is 5.91 Å². The highest BCUT2D eigenvalue weighted by molar-refractivity contribution is 5.95. The summed E-state index contributed by atoms with van der Waals surface area (Å²) in [6.07, 6.45) is 5.49. The number of aromatic nitrogens is 3. The number of carbonyl (C=O) groups is 1. The zero-order valence-electron chi connectivity index (χ0n) is 17.8. The quantitative estimate of drug-likeness (QED) is 0.489. The molecule has 0 saturated carbocycles. The van der Waals surface area contributed by atoms with Crippen molar-refractivity contribution < 1.29 is 4.79 Å². The van der Waals surface area contributed by atoms with Crippen LogP contribution in [0, 0.1) is 0 Å². The molecule has 0 atom stereocenters. The predicted octanol–water partition coefficient (Wildman–Crippen LogP) is 3.89. The summed E-state index contributed by atoms with van der Waals surface area (Å²) in [5.41, 5.74) is 4.87. The molecule has 6 nitrogen and oxygen atoms in total. The molecule has 6 heteroatoms. The van der Waals surface area contributed by atoms with Crippen LogP contribution in [0.1, 0.15) is 15.9 Å². The Kier molecular flexibility index (Phi) is 5.77. The number of rotatable bonds is 5. The van der Waals surface area contributed by atoms with Gasteiger partial charge >= 0.3 is 0 Å². The summed E-state index contributed by atoms with van der Waals surface area (Å²) in [7, 11) is 0. The number of amides is 1. The fourth-order valence-corrected chi connectivity index (χ4v) is 4.15. The lowest BCUT2D eigenvalue weighted by molar-refractivity contribution is 0.0628. The minimum atomic E-state index is 0.0706. The number of pyridine rings is 1. The van der Waals surface area contributed by atoms with Gasteiger partial charge in [0, 0.05) is 56.2 Å². The summed E-state index contributed by atoms with van der Waals surface area (Å²) in [4.78, 5) is 21.7. The monoisotopic (exact) mass is 423 g/mol. The Labute approximate surface area is 187 Å². The van der Waals surface area contributed by atoms with Gasteiger partial charge in [-0.1, -0.05) is 42.5 Å². The highest BCUT2D eigenvalue weighted by atomic mass is 16.2. The average molecular weight is 424 g/mol. The minimum absolute atomic E-state index is 0.0706. The smallest absolute Gasteiger partial charge is 0.254 e. The van der Waals surface area contributed by atoms with Crippen molar-refractivity contribution in [1.82, 2.24) is 24.6 Å². The lowest BCUT2D eigenvalue weighted by Gasteiger charge is -2.34. The third kappa shape index (κ3) is 4.31. The van der Waals surface area contributed by atoms with E-state index in [4.69, 9.17) is 0 Å². The Bertz CT molecular complexity index is 1180. The Hall–Kier alpha value is -3.77. The maximum Gasteiger partial charge on any atom is 0.254 e. The van der Waals surface area contributed by atoms with Crippen molar-refractivity contribution in [2.24, 2.45) is 0 Å². The second-order valence-electron chi connectivity index (χ2n) is 7.97. The summed E-state index contributed by atoms with van der Waals surface area (Å²) in [5.74, 6) is 0.0706. The Morgan fingerprint density at radius 1 is 0.844 bits per heavy atom. The molecule has 5 rings (SSSR count). The van der Waals surface area contributed by atoms with Crippen molar-refractivity contribution >= 4 is 5.91 Å². The van der Waals surface area contributed by atoms with Gasteiger partial charge in [-0.25, -0.2) is 4.68 Å². The van der Waals surface area contributed by atoms with Gasteiger partial charge in [0.1, 0.15) is 0 Å². The highest BCUT2D eigenvalue weighted by Gasteiger charge is 2.22. The van der Waals surface area contributed by atoms with Crippen LogP contribution in [-0.4, -0.2) is 56.7 Å². The van der Waals surface area contributed by atoms with Crippen LogP contribution in [0.15, 0.2) is 91.4 Å². The van der Waals surface area contributed by atoms with Crippen LogP contribution in [0.4, 0.5) is 0 Å². The van der Waals surface area contributed by atoms with Crippen molar-refractivity contribution in [3.63, 3.8) is 0 Å². The number of hydrogen-bond acceptors (Lipinski definition) is 4. The van der Waals surface area contributed by atoms with E-state index in [1.165, 1.54) is 5.56 Å². The second-order valence-corrected chi connectivity index (χ2v) is 7.97. The summed E-state index contributed by atoms with van der Waals surface area (Å²) >= 11 is 0. The average Bonchev–Trinajstić information content (AvgIpc) is 3.36. The Morgan fingerprint density at radius 2 is 1.69 bits per heavy atom. The molecule has 4 aromatic rings. The second kappa shape index (κ2) is 9.16. The van der Waals surface area contributed by atoms with Crippen LogP contribution in [0.5, 0.6) is 0 Å². The standard InChI is InChI=1S/C26H25N5O/c32-26(30-16-14-29(15-17-30)20-21-6-5-12-27-19-21)23-9-4-10-24(18-23)31-25(11-13-28-31)22-7-2-1-3-8-22/h1-13,18-19H,14-17,20H2. The number of nitrogens with zero attached hydrogens (tertiary/aromatic N) is 5. The number of carbonyl (C=O) groups excluding carboxylic acids is 1. The largest absolute Gasteiger partial charge is 0.336 e. The van der Waals surface area contributed by atoms with Crippen molar-refractivity contribution in [2.45, 2.75) is 6.54 Å². The fraction of sp³-hybridized carbons (Fsp3) is 0.192. The summed E-state index contributed by atoms with van der Waals surface area (Å²) in [5, 5.41) is 4.51. The molecule has 0 bridgehead atoms. The van der Waals surface area contributed by atoms with Gasteiger partial charge in [-0.2, -0.15) is 5.10 Å². The van der Waals surface area contributed by atoms with Gasteiger partial charge in [0.2, 0.25) is 0 Å². The molecule has 1 saturated heterocycles. The van der Waals surface area contributed by atoms with E-state index in [9.17, 15) is 4.79 Å². The minimum Gasteiger partial charge on any atom is -0.336 e. The van der Waals surface area contributed by atoms with E-state index in [-0.39, 0.29) is 5.91 Å². The SMILES string of the molecule is O=C(c1cccc(-n2nccc2-c2ccccc2)c1)N1CCN(Cc2cccnc2)CC1. The molecule has 0 spiro atoms. The molecular weight excluding hydrogens is 398 g/mol. The van der Waals surface area contributed by atoms with Crippen molar-refractivity contribution in [3.8, 4) is 16.9 Å². The highest BCUT2D eigenvalue weighted by Crippen LogP contribution is 2.23. The zero-order valence-corrected chi connectivity index (χ0v) is 17.8. The molecule has 32 heavy (non-hydrogen) atoms. The van der Waals surface area contributed by atoms with Gasteiger partial charge < -0.3 is 4.90 Å². The van der Waals surface area contributed by atoms with E-state index < -0.39 is 0 Å². The Morgan fingerprint density at radius 3 is 2.47 bits per heavy atom. The predicted molar refractivity (Wildman–Crippen MR) is 124 cm³/mol. The summed E-state index contributed by atoms with van der Waals surface area (Å²) < 4.78 is 1.89. The van der Waals surface area contributed by atoms with E-state index in [1.807, 2.05) is 70.4 Å². The van der Waals surface area contributed by atoms with Gasteiger partial charge in [0.15, 0.2) is 0 Å². The molecule has 2 aromatic carbocycles. The normalized spacial score (nSPS) is 14.4. The third-order valence-electron chi connectivity index (χ3n) is 5.84. The van der Waals surface area contributed by atoms with E-state index in [0.717, 1.165) is 49.7 Å². The van der Waals surface area contributed by atoms with Gasteiger partial charge in [-0.15, -0.1) is 0 Å². The topological polar surface area (TPSA) is 54.3 Å². The maximum absolute atomic E-state index is 13.2. The van der Waals surface area contributed by atoms with Crippen LogP contribution < -0.4 is 0 Å². The first-order valence-corrected chi connectivity index (χ1v) is 10.9. The van der Waals surface area contributed by atoms with E-state index in [2.05, 4.69) is 33.2 Å². The molecule has 0 aliphatic carbocycles. The molecule has 3 heterocycles. The van der Waals surface area contributed by atoms with E-state index in [1.54, 1.807) is 12.4 Å². The fourth-order valence-electron chi connectivity index (χ4n) is 4.15.